The van der Waals surface area contributed by atoms with Crippen LogP contribution in [0.1, 0.15) is 30.6 Å². The van der Waals surface area contributed by atoms with Gasteiger partial charge in [-0.1, -0.05) is 61.4 Å². The summed E-state index contributed by atoms with van der Waals surface area (Å²) in [5.41, 5.74) is 2.25. The second-order valence-corrected chi connectivity index (χ2v) is 7.20. The number of hydrogen-bond acceptors (Lipinski definition) is 3. The van der Waals surface area contributed by atoms with Gasteiger partial charge < -0.3 is 9.84 Å². The lowest BCUT2D eigenvalue weighted by Gasteiger charge is -2.20. The summed E-state index contributed by atoms with van der Waals surface area (Å²) < 4.78 is 6.03. The first-order valence-electron chi connectivity index (χ1n) is 9.30. The number of rotatable bonds is 7. The topological polar surface area (TPSA) is 32.7 Å². The molecule has 0 spiro atoms. The van der Waals surface area contributed by atoms with E-state index in [2.05, 4.69) is 30.9 Å². The van der Waals surface area contributed by atoms with Crippen LogP contribution >= 0.6 is 0 Å². The van der Waals surface area contributed by atoms with Crippen LogP contribution in [0.25, 0.3) is 0 Å². The summed E-state index contributed by atoms with van der Waals surface area (Å²) in [5, 5.41) is 10.5. The van der Waals surface area contributed by atoms with Gasteiger partial charge in [-0.15, -0.1) is 0 Å². The lowest BCUT2D eigenvalue weighted by atomic mass is 9.94. The Morgan fingerprint density at radius 3 is 2.40 bits per heavy atom. The average Bonchev–Trinajstić information content (AvgIpc) is 3.03. The van der Waals surface area contributed by atoms with E-state index in [0.717, 1.165) is 37.4 Å². The minimum absolute atomic E-state index is 0.421. The third-order valence-electron chi connectivity index (χ3n) is 5.28. The van der Waals surface area contributed by atoms with Crippen LogP contribution in [0, 0.1) is 18.8 Å². The van der Waals surface area contributed by atoms with Gasteiger partial charge in [0.2, 0.25) is 0 Å². The lowest BCUT2D eigenvalue weighted by Crippen LogP contribution is -2.27. The van der Waals surface area contributed by atoms with Crippen LogP contribution in [0.5, 0.6) is 5.75 Å². The number of ether oxygens (including phenoxy) is 1. The highest BCUT2D eigenvalue weighted by Crippen LogP contribution is 2.28. The van der Waals surface area contributed by atoms with Gasteiger partial charge in [0.25, 0.3) is 0 Å². The number of nitrogens with zero attached hydrogens (tertiary/aromatic N) is 1. The standard InChI is InChI=1S/C22H29NO2/c1-3-18-13-23(15-22(24)19-7-5-4-6-8-19)14-20(18)16-25-21-11-9-17(2)10-12-21/h4-12,18,20,22,24H,3,13-16H2,1-2H3/t18-,20-,22?/m1/s1. The molecule has 0 saturated carbocycles. The number of β-amino-alcohol motifs (C(OH)–C–C–N with tert-alkyl or cyclic N) is 1. The van der Waals surface area contributed by atoms with Crippen molar-refractivity contribution < 1.29 is 9.84 Å². The highest BCUT2D eigenvalue weighted by atomic mass is 16.5. The third kappa shape index (κ3) is 4.83. The van der Waals surface area contributed by atoms with Crippen LogP contribution in [0.3, 0.4) is 0 Å². The third-order valence-corrected chi connectivity index (χ3v) is 5.28. The van der Waals surface area contributed by atoms with Gasteiger partial charge in [0.1, 0.15) is 5.75 Å². The molecule has 1 aliphatic heterocycles. The molecule has 1 N–H and O–H groups in total. The molecule has 0 amide bonds. The predicted molar refractivity (Wildman–Crippen MR) is 102 cm³/mol. The summed E-state index contributed by atoms with van der Waals surface area (Å²) in [4.78, 5) is 2.38. The summed E-state index contributed by atoms with van der Waals surface area (Å²) >= 11 is 0. The van der Waals surface area contributed by atoms with E-state index in [9.17, 15) is 5.11 Å². The first-order valence-corrected chi connectivity index (χ1v) is 9.30. The van der Waals surface area contributed by atoms with E-state index in [1.54, 1.807) is 0 Å². The molecule has 3 nitrogen and oxygen atoms in total. The van der Waals surface area contributed by atoms with Crippen molar-refractivity contribution in [1.82, 2.24) is 4.90 Å². The highest BCUT2D eigenvalue weighted by molar-refractivity contribution is 5.26. The van der Waals surface area contributed by atoms with Crippen molar-refractivity contribution in [3.05, 3.63) is 65.7 Å². The average molecular weight is 339 g/mol. The van der Waals surface area contributed by atoms with E-state index >= 15 is 0 Å². The molecule has 0 aliphatic carbocycles. The van der Waals surface area contributed by atoms with Crippen molar-refractivity contribution in [2.75, 3.05) is 26.2 Å². The maximum atomic E-state index is 10.5. The van der Waals surface area contributed by atoms with E-state index in [4.69, 9.17) is 4.74 Å². The van der Waals surface area contributed by atoms with E-state index in [-0.39, 0.29) is 0 Å². The molecule has 3 heteroatoms. The highest BCUT2D eigenvalue weighted by Gasteiger charge is 2.32. The maximum absolute atomic E-state index is 10.5. The number of aryl methyl sites for hydroxylation is 1. The zero-order chi connectivity index (χ0) is 17.6. The lowest BCUT2D eigenvalue weighted by molar-refractivity contribution is 0.121. The van der Waals surface area contributed by atoms with Crippen LogP contribution in [0.4, 0.5) is 0 Å². The summed E-state index contributed by atoms with van der Waals surface area (Å²) in [6.07, 6.45) is 0.732. The molecule has 3 atom stereocenters. The van der Waals surface area contributed by atoms with Crippen molar-refractivity contribution in [3.8, 4) is 5.75 Å². The van der Waals surface area contributed by atoms with Gasteiger partial charge in [0.05, 0.1) is 12.7 Å². The first-order chi connectivity index (χ1) is 12.2. The van der Waals surface area contributed by atoms with Crippen LogP contribution in [0.2, 0.25) is 0 Å². The molecule has 0 bridgehead atoms. The summed E-state index contributed by atoms with van der Waals surface area (Å²) in [6.45, 7) is 7.82. The van der Waals surface area contributed by atoms with Gasteiger partial charge in [0.15, 0.2) is 0 Å². The van der Waals surface area contributed by atoms with Gasteiger partial charge >= 0.3 is 0 Å². The summed E-state index contributed by atoms with van der Waals surface area (Å²) in [5.74, 6) is 2.10. The maximum Gasteiger partial charge on any atom is 0.119 e. The van der Waals surface area contributed by atoms with Crippen molar-refractivity contribution >= 4 is 0 Å². The minimum atomic E-state index is -0.421. The van der Waals surface area contributed by atoms with Crippen LogP contribution in [0.15, 0.2) is 54.6 Å². The Balaban J connectivity index is 1.54. The fraction of sp³-hybridized carbons (Fsp3) is 0.455. The van der Waals surface area contributed by atoms with E-state index in [0.29, 0.717) is 18.4 Å². The van der Waals surface area contributed by atoms with E-state index < -0.39 is 6.10 Å². The fourth-order valence-electron chi connectivity index (χ4n) is 3.70. The Morgan fingerprint density at radius 1 is 1.04 bits per heavy atom. The van der Waals surface area contributed by atoms with Crippen molar-refractivity contribution in [2.24, 2.45) is 11.8 Å². The molecule has 2 aromatic carbocycles. The molecule has 1 unspecified atom stereocenters. The number of benzene rings is 2. The molecular formula is C22H29NO2. The molecule has 25 heavy (non-hydrogen) atoms. The Morgan fingerprint density at radius 2 is 1.72 bits per heavy atom. The molecule has 0 radical (unpaired) electrons. The number of hydrogen-bond donors (Lipinski definition) is 1. The van der Waals surface area contributed by atoms with Crippen LogP contribution in [-0.4, -0.2) is 36.2 Å². The molecule has 1 aliphatic rings. The smallest absolute Gasteiger partial charge is 0.119 e. The fourth-order valence-corrected chi connectivity index (χ4v) is 3.70. The SMILES string of the molecule is CC[C@@H]1CN(CC(O)c2ccccc2)C[C@@H]1COc1ccc(C)cc1. The minimum Gasteiger partial charge on any atom is -0.493 e. The number of aliphatic hydroxyl groups excluding tert-OH is 1. The van der Waals surface area contributed by atoms with Crippen molar-refractivity contribution in [1.29, 1.82) is 0 Å². The van der Waals surface area contributed by atoms with E-state index in [1.807, 2.05) is 42.5 Å². The van der Waals surface area contributed by atoms with Crippen molar-refractivity contribution in [2.45, 2.75) is 26.4 Å². The largest absolute Gasteiger partial charge is 0.493 e. The Kier molecular flexibility index (Phi) is 6.11. The Labute approximate surface area is 151 Å². The molecule has 1 fully saturated rings. The Bertz CT molecular complexity index is 641. The van der Waals surface area contributed by atoms with Gasteiger partial charge in [0, 0.05) is 25.6 Å². The molecule has 134 valence electrons. The molecule has 1 saturated heterocycles. The van der Waals surface area contributed by atoms with Crippen LogP contribution in [-0.2, 0) is 0 Å². The molecule has 2 aromatic rings. The van der Waals surface area contributed by atoms with Gasteiger partial charge in [-0.25, -0.2) is 0 Å². The molecule has 1 heterocycles. The second kappa shape index (κ2) is 8.50. The predicted octanol–water partition coefficient (Wildman–Crippen LogP) is 4.07. The normalized spacial score (nSPS) is 22.0. The van der Waals surface area contributed by atoms with Crippen LogP contribution < -0.4 is 4.74 Å². The second-order valence-electron chi connectivity index (χ2n) is 7.20. The zero-order valence-corrected chi connectivity index (χ0v) is 15.3. The monoisotopic (exact) mass is 339 g/mol. The molecule has 3 rings (SSSR count). The summed E-state index contributed by atoms with van der Waals surface area (Å²) in [7, 11) is 0. The molecular weight excluding hydrogens is 310 g/mol. The number of aliphatic hydroxyl groups is 1. The van der Waals surface area contributed by atoms with Gasteiger partial charge in [-0.05, 0) is 30.5 Å². The first kappa shape index (κ1) is 18.0. The quantitative estimate of drug-likeness (QED) is 0.825. The Hall–Kier alpha value is -1.84. The van der Waals surface area contributed by atoms with E-state index in [1.165, 1.54) is 5.56 Å². The molecule has 0 aromatic heterocycles. The van der Waals surface area contributed by atoms with Gasteiger partial charge in [-0.2, -0.15) is 0 Å². The van der Waals surface area contributed by atoms with Crippen molar-refractivity contribution in [3.63, 3.8) is 0 Å². The summed E-state index contributed by atoms with van der Waals surface area (Å²) in [6, 6.07) is 18.2. The van der Waals surface area contributed by atoms with Gasteiger partial charge in [-0.3, -0.25) is 4.90 Å². The zero-order valence-electron chi connectivity index (χ0n) is 15.3. The number of likely N-dealkylation sites (tertiary alicyclic amines) is 1.